The Balaban J connectivity index is 0.000000552. The molecule has 150 valence electrons. The van der Waals surface area contributed by atoms with Gasteiger partial charge in [0.1, 0.15) is 0 Å². The second-order valence-corrected chi connectivity index (χ2v) is 7.63. The molecule has 0 bridgehead atoms. The van der Waals surface area contributed by atoms with Crippen LogP contribution in [0.5, 0.6) is 0 Å². The molecule has 4 rings (SSSR count). The highest BCUT2D eigenvalue weighted by atomic mass is 35.5. The van der Waals surface area contributed by atoms with Crippen molar-refractivity contribution in [3.63, 3.8) is 0 Å². The first-order valence-corrected chi connectivity index (χ1v) is 10.4. The maximum atomic E-state index is 10.7. The molecule has 1 unspecified atom stereocenters. The van der Waals surface area contributed by atoms with E-state index in [0.717, 1.165) is 34.3 Å². The lowest BCUT2D eigenvalue weighted by Gasteiger charge is -2.13. The van der Waals surface area contributed by atoms with Crippen LogP contribution in [-0.4, -0.2) is 37.7 Å². The standard InChI is InChI=1S/C19H16ClN3OS.C2H4O2/c1-11-10-23-16-8-7-12(25-2)9-14(16)17(22-19(24)18(23)21-11)13-5-3-4-6-15(13)20;1-2(3)4/h3-10,19,24H,1-2H3;1H3,(H,3,4). The number of carboxylic acid groups (broad SMARTS) is 1. The van der Waals surface area contributed by atoms with E-state index in [2.05, 4.69) is 22.1 Å². The molecular weight excluding hydrogens is 410 g/mol. The number of halogens is 1. The van der Waals surface area contributed by atoms with E-state index in [1.54, 1.807) is 11.8 Å². The fourth-order valence-corrected chi connectivity index (χ4v) is 3.72. The largest absolute Gasteiger partial charge is 0.481 e. The van der Waals surface area contributed by atoms with Crippen molar-refractivity contribution in [3.8, 4) is 5.69 Å². The number of thioether (sulfide) groups is 1. The summed E-state index contributed by atoms with van der Waals surface area (Å²) < 4.78 is 1.91. The lowest BCUT2D eigenvalue weighted by molar-refractivity contribution is -0.134. The molecule has 2 heterocycles. The molecule has 6 nitrogen and oxygen atoms in total. The number of aliphatic imine (C=N–C) groups is 1. The maximum Gasteiger partial charge on any atom is 0.300 e. The van der Waals surface area contributed by atoms with Crippen LogP contribution < -0.4 is 0 Å². The normalized spacial score (nSPS) is 14.7. The van der Waals surface area contributed by atoms with E-state index < -0.39 is 12.2 Å². The molecule has 2 aromatic carbocycles. The van der Waals surface area contributed by atoms with Crippen LogP contribution >= 0.6 is 23.4 Å². The number of fused-ring (bicyclic) bond motifs is 3. The molecule has 2 N–H and O–H groups in total. The lowest BCUT2D eigenvalue weighted by Crippen LogP contribution is -2.08. The third-order valence-electron chi connectivity index (χ3n) is 4.18. The quantitative estimate of drug-likeness (QED) is 0.586. The molecule has 0 fully saturated rings. The number of hydrogen-bond acceptors (Lipinski definition) is 5. The van der Waals surface area contributed by atoms with Crippen molar-refractivity contribution in [1.29, 1.82) is 0 Å². The van der Waals surface area contributed by atoms with E-state index in [4.69, 9.17) is 21.5 Å². The number of aliphatic hydroxyl groups is 1. The van der Waals surface area contributed by atoms with E-state index in [1.807, 2.05) is 54.3 Å². The number of rotatable bonds is 2. The van der Waals surface area contributed by atoms with Crippen LogP contribution in [-0.2, 0) is 4.79 Å². The van der Waals surface area contributed by atoms with Crippen molar-refractivity contribution in [2.24, 2.45) is 4.99 Å². The SMILES string of the molecule is CC(=O)O.CSc1ccc2c(c1)C(c1ccccc1Cl)=NC(O)c1nc(C)cn1-2. The number of aliphatic carboxylic acids is 1. The zero-order chi connectivity index (χ0) is 21.1. The average molecular weight is 430 g/mol. The van der Waals surface area contributed by atoms with Crippen LogP contribution in [0.25, 0.3) is 5.69 Å². The van der Waals surface area contributed by atoms with Gasteiger partial charge in [-0.05, 0) is 37.4 Å². The van der Waals surface area contributed by atoms with Gasteiger partial charge in [-0.2, -0.15) is 0 Å². The Morgan fingerprint density at radius 3 is 2.55 bits per heavy atom. The van der Waals surface area contributed by atoms with E-state index in [9.17, 15) is 5.11 Å². The second-order valence-electron chi connectivity index (χ2n) is 6.34. The third-order valence-corrected chi connectivity index (χ3v) is 5.24. The molecule has 1 aliphatic rings. The number of benzene rings is 2. The number of hydrogen-bond donors (Lipinski definition) is 2. The van der Waals surface area contributed by atoms with Crippen LogP contribution in [0.3, 0.4) is 0 Å². The predicted molar refractivity (Wildman–Crippen MR) is 115 cm³/mol. The van der Waals surface area contributed by atoms with Gasteiger partial charge in [0.25, 0.3) is 5.97 Å². The Labute approximate surface area is 177 Å². The molecule has 0 radical (unpaired) electrons. The molecule has 0 saturated carbocycles. The van der Waals surface area contributed by atoms with Crippen molar-refractivity contribution < 1.29 is 15.0 Å². The van der Waals surface area contributed by atoms with Crippen LogP contribution in [0.15, 0.2) is 58.5 Å². The zero-order valence-electron chi connectivity index (χ0n) is 16.1. The predicted octanol–water partition coefficient (Wildman–Crippen LogP) is 4.49. The molecule has 0 spiro atoms. The summed E-state index contributed by atoms with van der Waals surface area (Å²) in [6, 6.07) is 13.7. The van der Waals surface area contributed by atoms with Crippen LogP contribution in [0, 0.1) is 6.92 Å². The number of nitrogens with zero attached hydrogens (tertiary/aromatic N) is 3. The zero-order valence-corrected chi connectivity index (χ0v) is 17.7. The number of carbonyl (C=O) groups is 1. The van der Waals surface area contributed by atoms with Crippen LogP contribution in [0.1, 0.15) is 35.8 Å². The van der Waals surface area contributed by atoms with Crippen molar-refractivity contribution >= 4 is 35.0 Å². The molecule has 8 heteroatoms. The van der Waals surface area contributed by atoms with Gasteiger partial charge in [-0.3, -0.25) is 9.36 Å². The summed E-state index contributed by atoms with van der Waals surface area (Å²) in [6.07, 6.45) is 2.90. The summed E-state index contributed by atoms with van der Waals surface area (Å²) in [6.45, 7) is 2.99. The Bertz CT molecular complexity index is 1090. The average Bonchev–Trinajstić information content (AvgIpc) is 3.03. The van der Waals surface area contributed by atoms with E-state index >= 15 is 0 Å². The molecule has 1 aliphatic heterocycles. The van der Waals surface area contributed by atoms with E-state index in [1.165, 1.54) is 0 Å². The van der Waals surface area contributed by atoms with Crippen molar-refractivity contribution in [2.75, 3.05) is 6.26 Å². The van der Waals surface area contributed by atoms with Gasteiger partial charge in [-0.25, -0.2) is 9.98 Å². The maximum absolute atomic E-state index is 10.7. The smallest absolute Gasteiger partial charge is 0.300 e. The molecule has 1 aromatic heterocycles. The topological polar surface area (TPSA) is 87.7 Å². The Morgan fingerprint density at radius 2 is 1.90 bits per heavy atom. The Kier molecular flexibility index (Phi) is 6.42. The Hall–Kier alpha value is -2.61. The molecule has 1 atom stereocenters. The van der Waals surface area contributed by atoms with Crippen molar-refractivity contribution in [3.05, 3.63) is 76.3 Å². The van der Waals surface area contributed by atoms with Gasteiger partial charge in [0.05, 0.1) is 17.1 Å². The van der Waals surface area contributed by atoms with Gasteiger partial charge in [0.2, 0.25) is 6.23 Å². The van der Waals surface area contributed by atoms with Crippen molar-refractivity contribution in [1.82, 2.24) is 9.55 Å². The minimum Gasteiger partial charge on any atom is -0.481 e. The summed E-state index contributed by atoms with van der Waals surface area (Å²) in [5.41, 5.74) is 4.17. The highest BCUT2D eigenvalue weighted by molar-refractivity contribution is 7.98. The fraction of sp³-hybridized carbons (Fsp3) is 0.190. The van der Waals surface area contributed by atoms with Crippen LogP contribution in [0.4, 0.5) is 0 Å². The van der Waals surface area contributed by atoms with Gasteiger partial charge in [-0.1, -0.05) is 29.8 Å². The number of aryl methyl sites for hydroxylation is 1. The molecule has 0 saturated heterocycles. The van der Waals surface area contributed by atoms with Crippen molar-refractivity contribution in [2.45, 2.75) is 25.0 Å². The summed E-state index contributed by atoms with van der Waals surface area (Å²) in [5, 5.41) is 18.7. The monoisotopic (exact) mass is 429 g/mol. The first kappa shape index (κ1) is 21.1. The minimum atomic E-state index is -1.05. The van der Waals surface area contributed by atoms with Crippen LogP contribution in [0.2, 0.25) is 5.02 Å². The molecule has 3 aromatic rings. The number of carboxylic acids is 1. The Morgan fingerprint density at radius 1 is 1.21 bits per heavy atom. The minimum absolute atomic E-state index is 0.512. The summed E-state index contributed by atoms with van der Waals surface area (Å²) in [7, 11) is 0. The van der Waals surface area contributed by atoms with Gasteiger partial charge in [0.15, 0.2) is 5.82 Å². The number of aliphatic hydroxyl groups excluding tert-OH is 1. The third kappa shape index (κ3) is 4.53. The van der Waals surface area contributed by atoms with Gasteiger partial charge in [-0.15, -0.1) is 11.8 Å². The molecule has 0 aliphatic carbocycles. The summed E-state index contributed by atoms with van der Waals surface area (Å²) in [4.78, 5) is 19.1. The molecule has 0 amide bonds. The molecular formula is C21H20ClN3O3S. The lowest BCUT2D eigenvalue weighted by atomic mass is 10.0. The first-order chi connectivity index (χ1) is 13.8. The van der Waals surface area contributed by atoms with Gasteiger partial charge in [0, 0.05) is 34.2 Å². The second kappa shape index (κ2) is 8.82. The number of aromatic nitrogens is 2. The highest BCUT2D eigenvalue weighted by Gasteiger charge is 2.26. The fourth-order valence-electron chi connectivity index (χ4n) is 3.05. The summed E-state index contributed by atoms with van der Waals surface area (Å²) in [5.74, 6) is -0.322. The van der Waals surface area contributed by atoms with Gasteiger partial charge >= 0.3 is 0 Å². The summed E-state index contributed by atoms with van der Waals surface area (Å²) >= 11 is 8.08. The number of imidazole rings is 1. The highest BCUT2D eigenvalue weighted by Crippen LogP contribution is 2.33. The first-order valence-electron chi connectivity index (χ1n) is 8.76. The molecule has 29 heavy (non-hydrogen) atoms. The van der Waals surface area contributed by atoms with E-state index in [-0.39, 0.29) is 0 Å². The van der Waals surface area contributed by atoms with E-state index in [0.29, 0.717) is 16.6 Å². The van der Waals surface area contributed by atoms with Gasteiger partial charge < -0.3 is 10.2 Å².